The molecule has 1 aromatic heterocycles. The molecular weight excluding hydrogens is 300 g/mol. The van der Waals surface area contributed by atoms with Crippen molar-refractivity contribution >= 4 is 11.0 Å². The van der Waals surface area contributed by atoms with Gasteiger partial charge in [-0.05, 0) is 36.6 Å². The standard InChI is InChI=1S/C21H22O3/c1-3-4-12-23-17-10-11-18-15(2)19(21(22)24-20(18)14-17)13-16-8-6-5-7-9-16/h5-11,14H,3-4,12-13H2,1-2H3. The molecular formula is C21H22O3. The van der Waals surface area contributed by atoms with Gasteiger partial charge in [-0.25, -0.2) is 4.79 Å². The Labute approximate surface area is 141 Å². The van der Waals surface area contributed by atoms with Gasteiger partial charge in [-0.15, -0.1) is 0 Å². The van der Waals surface area contributed by atoms with Crippen LogP contribution in [0.5, 0.6) is 5.75 Å². The number of hydrogen-bond donors (Lipinski definition) is 0. The van der Waals surface area contributed by atoms with Crippen molar-refractivity contribution in [3.63, 3.8) is 0 Å². The Morgan fingerprint density at radius 3 is 2.62 bits per heavy atom. The summed E-state index contributed by atoms with van der Waals surface area (Å²) in [6.07, 6.45) is 2.68. The van der Waals surface area contributed by atoms with Gasteiger partial charge >= 0.3 is 5.63 Å². The molecule has 0 saturated carbocycles. The molecule has 0 fully saturated rings. The summed E-state index contributed by atoms with van der Waals surface area (Å²) in [5, 5.41) is 0.961. The quantitative estimate of drug-likeness (QED) is 0.480. The molecule has 0 aliphatic carbocycles. The van der Waals surface area contributed by atoms with Crippen LogP contribution in [0.2, 0.25) is 0 Å². The molecule has 0 radical (unpaired) electrons. The van der Waals surface area contributed by atoms with Gasteiger partial charge < -0.3 is 9.15 Å². The van der Waals surface area contributed by atoms with E-state index >= 15 is 0 Å². The van der Waals surface area contributed by atoms with Crippen LogP contribution in [0.3, 0.4) is 0 Å². The van der Waals surface area contributed by atoms with Crippen molar-refractivity contribution in [3.05, 3.63) is 75.6 Å². The van der Waals surface area contributed by atoms with E-state index in [0.717, 1.165) is 35.1 Å². The molecule has 0 N–H and O–H groups in total. The average molecular weight is 322 g/mol. The minimum absolute atomic E-state index is 0.269. The predicted molar refractivity (Wildman–Crippen MR) is 96.9 cm³/mol. The van der Waals surface area contributed by atoms with Crippen molar-refractivity contribution in [2.45, 2.75) is 33.1 Å². The molecule has 0 aliphatic heterocycles. The van der Waals surface area contributed by atoms with Crippen LogP contribution in [-0.2, 0) is 6.42 Å². The Morgan fingerprint density at radius 2 is 1.88 bits per heavy atom. The van der Waals surface area contributed by atoms with E-state index in [4.69, 9.17) is 9.15 Å². The maximum atomic E-state index is 12.4. The third kappa shape index (κ3) is 3.51. The van der Waals surface area contributed by atoms with Gasteiger partial charge in [0, 0.05) is 23.4 Å². The monoisotopic (exact) mass is 322 g/mol. The SMILES string of the molecule is CCCCOc1ccc2c(C)c(Cc3ccccc3)c(=O)oc2c1. The van der Waals surface area contributed by atoms with Crippen molar-refractivity contribution in [3.8, 4) is 5.75 Å². The summed E-state index contributed by atoms with van der Waals surface area (Å²) in [5.41, 5.74) is 3.11. The second kappa shape index (κ2) is 7.35. The summed E-state index contributed by atoms with van der Waals surface area (Å²) in [6, 6.07) is 15.7. The van der Waals surface area contributed by atoms with Gasteiger partial charge in [0.1, 0.15) is 11.3 Å². The smallest absolute Gasteiger partial charge is 0.340 e. The molecule has 24 heavy (non-hydrogen) atoms. The number of unbranched alkanes of at least 4 members (excludes halogenated alkanes) is 1. The van der Waals surface area contributed by atoms with Crippen molar-refractivity contribution in [1.82, 2.24) is 0 Å². The highest BCUT2D eigenvalue weighted by atomic mass is 16.5. The fourth-order valence-corrected chi connectivity index (χ4v) is 2.80. The van der Waals surface area contributed by atoms with Crippen LogP contribution in [0.25, 0.3) is 11.0 Å². The normalized spacial score (nSPS) is 10.9. The Hall–Kier alpha value is -2.55. The lowest BCUT2D eigenvalue weighted by Crippen LogP contribution is -2.11. The third-order valence-corrected chi connectivity index (χ3v) is 4.25. The fraction of sp³-hybridized carbons (Fsp3) is 0.286. The summed E-state index contributed by atoms with van der Waals surface area (Å²) >= 11 is 0. The van der Waals surface area contributed by atoms with E-state index in [2.05, 4.69) is 6.92 Å². The average Bonchev–Trinajstić information content (AvgIpc) is 2.59. The van der Waals surface area contributed by atoms with Gasteiger partial charge in [0.05, 0.1) is 6.61 Å². The summed E-state index contributed by atoms with van der Waals surface area (Å²) in [5.74, 6) is 0.745. The Morgan fingerprint density at radius 1 is 1.08 bits per heavy atom. The van der Waals surface area contributed by atoms with Crippen LogP contribution in [0, 0.1) is 6.92 Å². The molecule has 3 aromatic rings. The van der Waals surface area contributed by atoms with Crippen LogP contribution >= 0.6 is 0 Å². The molecule has 0 spiro atoms. The number of benzene rings is 2. The number of ether oxygens (including phenoxy) is 1. The highest BCUT2D eigenvalue weighted by Crippen LogP contribution is 2.25. The molecule has 1 heterocycles. The minimum atomic E-state index is -0.269. The zero-order valence-electron chi connectivity index (χ0n) is 14.2. The summed E-state index contributed by atoms with van der Waals surface area (Å²) in [4.78, 5) is 12.4. The number of rotatable bonds is 6. The lowest BCUT2D eigenvalue weighted by molar-refractivity contribution is 0.309. The lowest BCUT2D eigenvalue weighted by atomic mass is 10.00. The van der Waals surface area contributed by atoms with Gasteiger partial charge in [-0.3, -0.25) is 0 Å². The molecule has 0 unspecified atom stereocenters. The lowest BCUT2D eigenvalue weighted by Gasteiger charge is -2.10. The van der Waals surface area contributed by atoms with Gasteiger partial charge in [-0.2, -0.15) is 0 Å². The molecule has 0 amide bonds. The van der Waals surface area contributed by atoms with E-state index in [1.165, 1.54) is 0 Å². The molecule has 3 rings (SSSR count). The molecule has 0 aliphatic rings. The molecule has 3 nitrogen and oxygen atoms in total. The molecule has 0 saturated heterocycles. The summed E-state index contributed by atoms with van der Waals surface area (Å²) in [6.45, 7) is 4.78. The first-order valence-electron chi connectivity index (χ1n) is 8.42. The Balaban J connectivity index is 1.95. The van der Waals surface area contributed by atoms with Gasteiger partial charge in [0.2, 0.25) is 0 Å². The molecule has 0 bridgehead atoms. The van der Waals surface area contributed by atoms with E-state index in [0.29, 0.717) is 24.2 Å². The second-order valence-corrected chi connectivity index (χ2v) is 6.02. The first kappa shape index (κ1) is 16.3. The van der Waals surface area contributed by atoms with E-state index in [-0.39, 0.29) is 5.63 Å². The van der Waals surface area contributed by atoms with Crippen LogP contribution in [0.4, 0.5) is 0 Å². The first-order valence-corrected chi connectivity index (χ1v) is 8.42. The van der Waals surface area contributed by atoms with Crippen molar-refractivity contribution in [2.75, 3.05) is 6.61 Å². The molecule has 124 valence electrons. The Bertz CT molecular complexity index is 879. The zero-order valence-corrected chi connectivity index (χ0v) is 14.2. The van der Waals surface area contributed by atoms with Crippen LogP contribution in [-0.4, -0.2) is 6.61 Å². The maximum Gasteiger partial charge on any atom is 0.340 e. The first-order chi connectivity index (χ1) is 11.7. The molecule has 3 heteroatoms. The van der Waals surface area contributed by atoms with Crippen molar-refractivity contribution in [2.24, 2.45) is 0 Å². The highest BCUT2D eigenvalue weighted by Gasteiger charge is 2.12. The van der Waals surface area contributed by atoms with Gasteiger partial charge in [-0.1, -0.05) is 43.7 Å². The van der Waals surface area contributed by atoms with Crippen molar-refractivity contribution in [1.29, 1.82) is 0 Å². The van der Waals surface area contributed by atoms with E-state index in [1.807, 2.05) is 55.5 Å². The number of aryl methyl sites for hydroxylation is 1. The zero-order chi connectivity index (χ0) is 16.9. The third-order valence-electron chi connectivity index (χ3n) is 4.25. The minimum Gasteiger partial charge on any atom is -0.493 e. The highest BCUT2D eigenvalue weighted by molar-refractivity contribution is 5.82. The fourth-order valence-electron chi connectivity index (χ4n) is 2.80. The summed E-state index contributed by atoms with van der Waals surface area (Å²) in [7, 11) is 0. The predicted octanol–water partition coefficient (Wildman–Crippen LogP) is 4.87. The number of hydrogen-bond acceptors (Lipinski definition) is 3. The van der Waals surface area contributed by atoms with Gasteiger partial charge in [0.15, 0.2) is 0 Å². The van der Waals surface area contributed by atoms with Crippen molar-refractivity contribution < 1.29 is 9.15 Å². The van der Waals surface area contributed by atoms with E-state index in [9.17, 15) is 4.79 Å². The van der Waals surface area contributed by atoms with Crippen LogP contribution in [0.15, 0.2) is 57.7 Å². The van der Waals surface area contributed by atoms with Crippen LogP contribution in [0.1, 0.15) is 36.5 Å². The van der Waals surface area contributed by atoms with E-state index in [1.54, 1.807) is 0 Å². The van der Waals surface area contributed by atoms with Crippen LogP contribution < -0.4 is 10.4 Å². The van der Waals surface area contributed by atoms with E-state index < -0.39 is 0 Å². The molecule has 2 aromatic carbocycles. The molecule has 0 atom stereocenters. The van der Waals surface area contributed by atoms with Gasteiger partial charge in [0.25, 0.3) is 0 Å². The topological polar surface area (TPSA) is 39.4 Å². The maximum absolute atomic E-state index is 12.4. The largest absolute Gasteiger partial charge is 0.493 e. The Kier molecular flexibility index (Phi) is 4.99. The number of fused-ring (bicyclic) bond motifs is 1. The summed E-state index contributed by atoms with van der Waals surface area (Å²) < 4.78 is 11.3. The second-order valence-electron chi connectivity index (χ2n) is 6.02.